The Bertz CT molecular complexity index is 335. The van der Waals surface area contributed by atoms with Crippen molar-refractivity contribution in [2.24, 2.45) is 16.7 Å². The lowest BCUT2D eigenvalue weighted by molar-refractivity contribution is 0.624. The molecule has 0 bridgehead atoms. The van der Waals surface area contributed by atoms with Gasteiger partial charge in [0.15, 0.2) is 5.84 Å². The number of hydrogen-bond donors (Lipinski definition) is 3. The molecule has 0 aliphatic carbocycles. The number of amidine groups is 1. The van der Waals surface area contributed by atoms with Crippen LogP contribution in [-0.4, -0.2) is 5.84 Å². The Balaban J connectivity index is 3.13. The second-order valence-electron chi connectivity index (χ2n) is 2.61. The zero-order valence-electron chi connectivity index (χ0n) is 7.21. The summed E-state index contributed by atoms with van der Waals surface area (Å²) in [6.07, 6.45) is 0. The van der Waals surface area contributed by atoms with Gasteiger partial charge in [0, 0.05) is 0 Å². The Morgan fingerprint density at radius 2 is 2.23 bits per heavy atom. The smallest absolute Gasteiger partial charge is 0.155 e. The number of nitrogens with zero attached hydrogens (tertiary/aromatic N) is 1. The highest BCUT2D eigenvalue weighted by Gasteiger charge is 2.05. The first kappa shape index (κ1) is 9.47. The van der Waals surface area contributed by atoms with E-state index >= 15 is 0 Å². The maximum Gasteiger partial charge on any atom is 0.155 e. The quantitative estimate of drug-likeness (QED) is 0.265. The fourth-order valence-corrected chi connectivity index (χ4v) is 0.965. The van der Waals surface area contributed by atoms with Crippen LogP contribution >= 0.6 is 0 Å². The van der Waals surface area contributed by atoms with E-state index in [-0.39, 0.29) is 11.4 Å². The van der Waals surface area contributed by atoms with E-state index in [9.17, 15) is 4.39 Å². The number of halogens is 1. The third-order valence-electron chi connectivity index (χ3n) is 1.58. The molecule has 0 radical (unpaired) electrons. The molecule has 13 heavy (non-hydrogen) atoms. The topological polar surface area (TPSA) is 76.4 Å². The summed E-state index contributed by atoms with van der Waals surface area (Å²) < 4.78 is 13.1. The molecule has 0 heterocycles. The van der Waals surface area contributed by atoms with Gasteiger partial charge in [-0.2, -0.15) is 0 Å². The lowest BCUT2D eigenvalue weighted by Gasteiger charge is -2.02. The molecule has 1 aromatic rings. The second-order valence-corrected chi connectivity index (χ2v) is 2.61. The molecule has 0 aliphatic rings. The standard InChI is InChI=1S/C8H11FN4/c1-5-2-3-7(9)6(4-5)8(10)12-13-11/h2-4,13H,11H2,1H3,(H2,10,12). The van der Waals surface area contributed by atoms with Gasteiger partial charge in [0.05, 0.1) is 5.56 Å². The summed E-state index contributed by atoms with van der Waals surface area (Å²) in [7, 11) is 0. The van der Waals surface area contributed by atoms with Crippen LogP contribution in [0, 0.1) is 12.7 Å². The largest absolute Gasteiger partial charge is 0.382 e. The van der Waals surface area contributed by atoms with Gasteiger partial charge in [-0.15, -0.1) is 5.10 Å². The van der Waals surface area contributed by atoms with Crippen molar-refractivity contribution in [1.29, 1.82) is 0 Å². The molecule has 0 spiro atoms. The van der Waals surface area contributed by atoms with Crippen molar-refractivity contribution in [2.45, 2.75) is 6.92 Å². The molecule has 5 N–H and O–H groups in total. The molecule has 0 atom stereocenters. The zero-order valence-corrected chi connectivity index (χ0v) is 7.21. The summed E-state index contributed by atoms with van der Waals surface area (Å²) in [5.74, 6) is 4.53. The summed E-state index contributed by atoms with van der Waals surface area (Å²) in [6, 6.07) is 4.59. The number of aryl methyl sites for hydroxylation is 1. The van der Waals surface area contributed by atoms with Gasteiger partial charge in [-0.05, 0) is 19.1 Å². The fourth-order valence-electron chi connectivity index (χ4n) is 0.965. The molecule has 0 amide bonds. The Morgan fingerprint density at radius 1 is 1.54 bits per heavy atom. The van der Waals surface area contributed by atoms with Gasteiger partial charge < -0.3 is 5.73 Å². The fraction of sp³-hybridized carbons (Fsp3) is 0.125. The van der Waals surface area contributed by atoms with Gasteiger partial charge in [0.1, 0.15) is 5.82 Å². The van der Waals surface area contributed by atoms with Gasteiger partial charge >= 0.3 is 0 Å². The summed E-state index contributed by atoms with van der Waals surface area (Å²) in [4.78, 5) is 0. The summed E-state index contributed by atoms with van der Waals surface area (Å²) in [5, 5.41) is 3.48. The van der Waals surface area contributed by atoms with Crippen LogP contribution in [0.2, 0.25) is 0 Å². The van der Waals surface area contributed by atoms with Crippen molar-refractivity contribution >= 4 is 5.84 Å². The molecule has 1 aromatic carbocycles. The van der Waals surface area contributed by atoms with E-state index in [1.165, 1.54) is 6.07 Å². The van der Waals surface area contributed by atoms with Crippen LogP contribution in [-0.2, 0) is 0 Å². The number of rotatable bonds is 2. The molecular formula is C8H11FN4. The minimum Gasteiger partial charge on any atom is -0.382 e. The predicted octanol–water partition coefficient (Wildman–Crippen LogP) is 0.218. The molecule has 4 nitrogen and oxygen atoms in total. The second kappa shape index (κ2) is 3.86. The number of hydrazone groups is 1. The Labute approximate surface area is 75.4 Å². The van der Waals surface area contributed by atoms with Crippen molar-refractivity contribution in [3.63, 3.8) is 0 Å². The molecular weight excluding hydrogens is 171 g/mol. The van der Waals surface area contributed by atoms with Crippen molar-refractivity contribution in [2.75, 3.05) is 0 Å². The molecule has 0 unspecified atom stereocenters. The van der Waals surface area contributed by atoms with E-state index in [1.807, 2.05) is 12.5 Å². The molecule has 70 valence electrons. The van der Waals surface area contributed by atoms with Gasteiger partial charge in [0.25, 0.3) is 0 Å². The van der Waals surface area contributed by atoms with Gasteiger partial charge in [-0.25, -0.2) is 15.8 Å². The van der Waals surface area contributed by atoms with Crippen molar-refractivity contribution in [3.05, 3.63) is 35.1 Å². The lowest BCUT2D eigenvalue weighted by Crippen LogP contribution is -2.23. The minimum absolute atomic E-state index is 0.0312. The average molecular weight is 182 g/mol. The Morgan fingerprint density at radius 3 is 2.85 bits per heavy atom. The summed E-state index contributed by atoms with van der Waals surface area (Å²) >= 11 is 0. The van der Waals surface area contributed by atoms with E-state index in [2.05, 4.69) is 5.10 Å². The first-order valence-electron chi connectivity index (χ1n) is 3.70. The lowest BCUT2D eigenvalue weighted by atomic mass is 10.1. The van der Waals surface area contributed by atoms with E-state index in [4.69, 9.17) is 11.6 Å². The van der Waals surface area contributed by atoms with Crippen molar-refractivity contribution < 1.29 is 4.39 Å². The third-order valence-corrected chi connectivity index (χ3v) is 1.58. The Hall–Kier alpha value is -1.62. The van der Waals surface area contributed by atoms with Crippen LogP contribution in [0.1, 0.15) is 11.1 Å². The van der Waals surface area contributed by atoms with Crippen molar-refractivity contribution in [3.8, 4) is 0 Å². The molecule has 0 fully saturated rings. The number of nitrogens with two attached hydrogens (primary N) is 2. The van der Waals surface area contributed by atoms with Gasteiger partial charge in [-0.1, -0.05) is 11.6 Å². The highest BCUT2D eigenvalue weighted by Crippen LogP contribution is 2.08. The summed E-state index contributed by atoms with van der Waals surface area (Å²) in [5.41, 5.74) is 8.61. The third kappa shape index (κ3) is 2.16. The first-order chi connectivity index (χ1) is 6.15. The molecule has 1 rings (SSSR count). The first-order valence-corrected chi connectivity index (χ1v) is 3.70. The molecule has 0 aliphatic heterocycles. The minimum atomic E-state index is -0.415. The number of benzene rings is 1. The summed E-state index contributed by atoms with van der Waals surface area (Å²) in [6.45, 7) is 1.84. The van der Waals surface area contributed by atoms with E-state index in [0.29, 0.717) is 0 Å². The average Bonchev–Trinajstić information content (AvgIpc) is 2.09. The van der Waals surface area contributed by atoms with Crippen LogP contribution in [0.15, 0.2) is 23.3 Å². The van der Waals surface area contributed by atoms with E-state index in [0.717, 1.165) is 5.56 Å². The molecule has 0 saturated heterocycles. The normalized spacial score (nSPS) is 11.5. The highest BCUT2D eigenvalue weighted by atomic mass is 19.1. The maximum atomic E-state index is 13.1. The number of hydrazine groups is 1. The van der Waals surface area contributed by atoms with Crippen LogP contribution in [0.3, 0.4) is 0 Å². The van der Waals surface area contributed by atoms with Gasteiger partial charge in [0.2, 0.25) is 0 Å². The van der Waals surface area contributed by atoms with Crippen LogP contribution in [0.4, 0.5) is 4.39 Å². The monoisotopic (exact) mass is 182 g/mol. The van der Waals surface area contributed by atoms with Crippen molar-refractivity contribution in [1.82, 2.24) is 5.53 Å². The SMILES string of the molecule is Cc1ccc(F)c(/C(N)=N/NN)c1. The van der Waals surface area contributed by atoms with Crippen LogP contribution in [0.5, 0.6) is 0 Å². The Kier molecular flexibility index (Phi) is 2.81. The van der Waals surface area contributed by atoms with E-state index < -0.39 is 5.82 Å². The van der Waals surface area contributed by atoms with E-state index in [1.54, 1.807) is 12.1 Å². The zero-order chi connectivity index (χ0) is 9.84. The number of nitrogens with one attached hydrogen (secondary N) is 1. The highest BCUT2D eigenvalue weighted by molar-refractivity contribution is 5.97. The molecule has 0 aromatic heterocycles. The molecule has 5 heteroatoms. The predicted molar refractivity (Wildman–Crippen MR) is 49.2 cm³/mol. The molecule has 0 saturated carbocycles. The van der Waals surface area contributed by atoms with Crippen LogP contribution < -0.4 is 17.1 Å². The number of hydrogen-bond acceptors (Lipinski definition) is 3. The van der Waals surface area contributed by atoms with Crippen LogP contribution in [0.25, 0.3) is 0 Å². The maximum absolute atomic E-state index is 13.1. The van der Waals surface area contributed by atoms with Gasteiger partial charge in [-0.3, -0.25) is 0 Å².